The molecule has 0 bridgehead atoms. The Labute approximate surface area is 189 Å². The molecule has 2 heterocycles. The highest BCUT2D eigenvalue weighted by molar-refractivity contribution is 6.11. The first-order valence-corrected chi connectivity index (χ1v) is 10.2. The lowest BCUT2D eigenvalue weighted by molar-refractivity contribution is 0.0270. The molecule has 0 atom stereocenters. The first kappa shape index (κ1) is 23.8. The van der Waals surface area contributed by atoms with Crippen molar-refractivity contribution in [3.63, 3.8) is 0 Å². The number of hydrogen-bond donors (Lipinski definition) is 3. The van der Waals surface area contributed by atoms with Crippen LogP contribution in [0.2, 0.25) is 0 Å². The Kier molecular flexibility index (Phi) is 7.00. The second-order valence-electron chi connectivity index (χ2n) is 8.34. The summed E-state index contributed by atoms with van der Waals surface area (Å²) in [6, 6.07) is 5.31. The quantitative estimate of drug-likeness (QED) is 0.264. The number of rotatable bonds is 4. The number of nitrogens with two attached hydrogens (primary N) is 1. The molecule has 33 heavy (non-hydrogen) atoms. The molecule has 0 fully saturated rings. The normalized spacial score (nSPS) is 14.5. The van der Waals surface area contributed by atoms with E-state index in [9.17, 15) is 13.6 Å². The summed E-state index contributed by atoms with van der Waals surface area (Å²) in [6.45, 7) is 6.24. The molecule has 3 rings (SSSR count). The van der Waals surface area contributed by atoms with E-state index in [1.807, 2.05) is 26.8 Å². The van der Waals surface area contributed by atoms with Gasteiger partial charge in [0, 0.05) is 19.3 Å². The summed E-state index contributed by atoms with van der Waals surface area (Å²) in [5, 5.41) is 9.31. The van der Waals surface area contributed by atoms with E-state index in [0.29, 0.717) is 25.1 Å². The summed E-state index contributed by atoms with van der Waals surface area (Å²) in [5.41, 5.74) is 14.2. The molecule has 0 saturated carbocycles. The summed E-state index contributed by atoms with van der Waals surface area (Å²) in [7, 11) is 0. The highest BCUT2D eigenvalue weighted by Gasteiger charge is 2.24. The average molecular weight is 457 g/mol. The van der Waals surface area contributed by atoms with E-state index in [4.69, 9.17) is 16.0 Å². The van der Waals surface area contributed by atoms with Crippen LogP contribution in [-0.2, 0) is 4.74 Å². The molecule has 0 aliphatic carbocycles. The maximum Gasteiger partial charge on any atom is 0.410 e. The Hall–Kier alpha value is -3.89. The van der Waals surface area contributed by atoms with Crippen LogP contribution in [0.1, 0.15) is 38.3 Å². The summed E-state index contributed by atoms with van der Waals surface area (Å²) in [6.07, 6.45) is 3.62. The molecule has 9 nitrogen and oxygen atoms in total. The van der Waals surface area contributed by atoms with Crippen LogP contribution in [0, 0.1) is 17.2 Å². The van der Waals surface area contributed by atoms with Gasteiger partial charge in [-0.1, -0.05) is 17.4 Å². The molecular weight excluding hydrogens is 432 g/mol. The molecule has 1 aromatic heterocycles. The lowest BCUT2D eigenvalue weighted by atomic mass is 9.99. The molecule has 2 aromatic rings. The number of nitrogen functional groups attached to an aromatic ring is 1. The SMILES string of the molecule is CC(C)(C)OC(=O)N1CC=C(c2cnc(N)c(/C(=N/N=N)Nc3cccc(F)c3F)c2)CC1. The van der Waals surface area contributed by atoms with Gasteiger partial charge in [-0.05, 0) is 56.5 Å². The number of anilines is 2. The number of pyridine rings is 1. The number of halogens is 2. The van der Waals surface area contributed by atoms with Gasteiger partial charge in [0.15, 0.2) is 17.5 Å². The van der Waals surface area contributed by atoms with Gasteiger partial charge in [-0.2, -0.15) is 5.53 Å². The van der Waals surface area contributed by atoms with Gasteiger partial charge < -0.3 is 20.7 Å². The van der Waals surface area contributed by atoms with E-state index in [-0.39, 0.29) is 29.0 Å². The molecule has 0 spiro atoms. The molecule has 11 heteroatoms. The standard InChI is InChI=1S/C22H25F2N7O2/c1-22(2,3)33-21(32)31-9-7-13(8-10-31)14-11-15(19(25)27-12-14)20(29-30-26)28-17-6-4-5-16(23)18(17)24/h4-7,11-12H,8-10H2,1-3H3,(H2,25,27)(H2,26,28,29). The van der Waals surface area contributed by atoms with Gasteiger partial charge in [0.25, 0.3) is 0 Å². The van der Waals surface area contributed by atoms with Crippen molar-refractivity contribution >= 4 is 29.0 Å². The maximum atomic E-state index is 14.1. The van der Waals surface area contributed by atoms with Crippen LogP contribution in [0.25, 0.3) is 5.57 Å². The Morgan fingerprint density at radius 3 is 2.73 bits per heavy atom. The van der Waals surface area contributed by atoms with Crippen LogP contribution in [0.3, 0.4) is 0 Å². The zero-order valence-electron chi connectivity index (χ0n) is 18.5. The van der Waals surface area contributed by atoms with Crippen LogP contribution >= 0.6 is 0 Å². The molecule has 0 radical (unpaired) electrons. The van der Waals surface area contributed by atoms with Crippen molar-refractivity contribution in [3.8, 4) is 0 Å². The second kappa shape index (κ2) is 9.72. The van der Waals surface area contributed by atoms with E-state index >= 15 is 0 Å². The van der Waals surface area contributed by atoms with Gasteiger partial charge in [-0.25, -0.2) is 18.6 Å². The van der Waals surface area contributed by atoms with Gasteiger partial charge in [0.05, 0.1) is 11.3 Å². The van der Waals surface area contributed by atoms with Crippen LogP contribution in [-0.4, -0.2) is 40.5 Å². The monoisotopic (exact) mass is 457 g/mol. The van der Waals surface area contributed by atoms with Crippen molar-refractivity contribution in [1.82, 2.24) is 9.88 Å². The topological polar surface area (TPSA) is 129 Å². The highest BCUT2D eigenvalue weighted by atomic mass is 19.2. The predicted octanol–water partition coefficient (Wildman–Crippen LogP) is 4.77. The average Bonchev–Trinajstić information content (AvgIpc) is 2.76. The number of benzene rings is 1. The zero-order valence-corrected chi connectivity index (χ0v) is 18.5. The number of aromatic nitrogens is 1. The Morgan fingerprint density at radius 1 is 1.33 bits per heavy atom. The minimum Gasteiger partial charge on any atom is -0.444 e. The van der Waals surface area contributed by atoms with Crippen molar-refractivity contribution in [1.29, 1.82) is 5.53 Å². The lowest BCUT2D eigenvalue weighted by Crippen LogP contribution is -2.39. The van der Waals surface area contributed by atoms with E-state index in [2.05, 4.69) is 20.6 Å². The third-order valence-corrected chi connectivity index (χ3v) is 4.76. The Morgan fingerprint density at radius 2 is 2.09 bits per heavy atom. The maximum absolute atomic E-state index is 14.1. The Bertz CT molecular complexity index is 1130. The zero-order chi connectivity index (χ0) is 24.2. The van der Waals surface area contributed by atoms with Crippen molar-refractivity contribution < 1.29 is 18.3 Å². The number of hydrogen-bond acceptors (Lipinski definition) is 6. The third-order valence-electron chi connectivity index (χ3n) is 4.76. The van der Waals surface area contributed by atoms with Crippen LogP contribution in [0.15, 0.2) is 46.9 Å². The molecule has 174 valence electrons. The molecular formula is C22H25F2N7O2. The number of amides is 1. The second-order valence-corrected chi connectivity index (χ2v) is 8.34. The predicted molar refractivity (Wildman–Crippen MR) is 121 cm³/mol. The van der Waals surface area contributed by atoms with Gasteiger partial charge in [0.2, 0.25) is 0 Å². The van der Waals surface area contributed by atoms with Crippen LogP contribution in [0.4, 0.5) is 25.1 Å². The van der Waals surface area contributed by atoms with Crippen molar-refractivity contribution in [3.05, 3.63) is 59.3 Å². The lowest BCUT2D eigenvalue weighted by Gasteiger charge is -2.29. The fourth-order valence-electron chi connectivity index (χ4n) is 3.19. The van der Waals surface area contributed by atoms with E-state index in [1.54, 1.807) is 17.2 Å². The number of amidine groups is 1. The number of nitrogens with one attached hydrogen (secondary N) is 2. The molecule has 0 unspecified atom stereocenters. The summed E-state index contributed by atoms with van der Waals surface area (Å²) < 4.78 is 33.1. The van der Waals surface area contributed by atoms with E-state index < -0.39 is 17.2 Å². The number of ether oxygens (including phenoxy) is 1. The van der Waals surface area contributed by atoms with Crippen molar-refractivity contribution in [2.24, 2.45) is 10.3 Å². The smallest absolute Gasteiger partial charge is 0.410 e. The molecule has 1 amide bonds. The molecule has 1 aromatic carbocycles. The van der Waals surface area contributed by atoms with Gasteiger partial charge in [-0.15, -0.1) is 5.10 Å². The highest BCUT2D eigenvalue weighted by Crippen LogP contribution is 2.26. The first-order valence-electron chi connectivity index (χ1n) is 10.2. The minimum absolute atomic E-state index is 0.0619. The van der Waals surface area contributed by atoms with Crippen molar-refractivity contribution in [2.45, 2.75) is 32.8 Å². The molecule has 1 aliphatic rings. The van der Waals surface area contributed by atoms with Gasteiger partial charge >= 0.3 is 6.09 Å². The Balaban J connectivity index is 1.85. The summed E-state index contributed by atoms with van der Waals surface area (Å²) in [5.74, 6) is -2.13. The van der Waals surface area contributed by atoms with Crippen LogP contribution in [0.5, 0.6) is 0 Å². The van der Waals surface area contributed by atoms with Crippen molar-refractivity contribution in [2.75, 3.05) is 24.1 Å². The van der Waals surface area contributed by atoms with Crippen LogP contribution < -0.4 is 11.1 Å². The molecule has 0 saturated heterocycles. The summed E-state index contributed by atoms with van der Waals surface area (Å²) >= 11 is 0. The van der Waals surface area contributed by atoms with Gasteiger partial charge in [-0.3, -0.25) is 0 Å². The fourth-order valence-corrected chi connectivity index (χ4v) is 3.19. The number of carbonyl (C=O) groups excluding carboxylic acids is 1. The summed E-state index contributed by atoms with van der Waals surface area (Å²) in [4.78, 5) is 18.1. The fraction of sp³-hybridized carbons (Fsp3) is 0.318. The molecule has 4 N–H and O–H groups in total. The third kappa shape index (κ3) is 5.88. The van der Waals surface area contributed by atoms with Gasteiger partial charge in [0.1, 0.15) is 11.4 Å². The van der Waals surface area contributed by atoms with E-state index in [1.165, 1.54) is 12.1 Å². The minimum atomic E-state index is -1.10. The number of carbonyl (C=O) groups is 1. The first-order chi connectivity index (χ1) is 15.6. The van der Waals surface area contributed by atoms with E-state index in [0.717, 1.165) is 11.6 Å². The number of nitrogens with zero attached hydrogens (tertiary/aromatic N) is 4. The largest absolute Gasteiger partial charge is 0.444 e. The molecule has 1 aliphatic heterocycles.